The van der Waals surface area contributed by atoms with Crippen LogP contribution in [0.5, 0.6) is 0 Å². The minimum Gasteiger partial charge on any atom is -0.466 e. The molecule has 0 bridgehead atoms. The average molecular weight is 216 g/mol. The fraction of sp³-hybridized carbons (Fsp3) is 0.286. The first-order valence-electron chi connectivity index (χ1n) is 5.44. The van der Waals surface area contributed by atoms with Crippen LogP contribution in [0, 0.1) is 13.8 Å². The molecule has 1 aromatic carbocycles. The van der Waals surface area contributed by atoms with Crippen LogP contribution in [0.15, 0.2) is 41.0 Å². The van der Waals surface area contributed by atoms with Crippen LogP contribution in [0.4, 0.5) is 0 Å². The molecule has 0 saturated heterocycles. The molecular weight excluding hydrogens is 200 g/mol. The van der Waals surface area contributed by atoms with E-state index < -0.39 is 6.10 Å². The third kappa shape index (κ3) is 2.34. The summed E-state index contributed by atoms with van der Waals surface area (Å²) in [6, 6.07) is 10.0. The van der Waals surface area contributed by atoms with E-state index in [1.165, 1.54) is 5.56 Å². The third-order valence-electron chi connectivity index (χ3n) is 2.72. The number of hydrogen-bond donors (Lipinski definition) is 1. The fourth-order valence-corrected chi connectivity index (χ4v) is 1.88. The summed E-state index contributed by atoms with van der Waals surface area (Å²) in [4.78, 5) is 0. The molecule has 0 aliphatic rings. The van der Waals surface area contributed by atoms with Gasteiger partial charge >= 0.3 is 0 Å². The van der Waals surface area contributed by atoms with Crippen molar-refractivity contribution in [2.75, 3.05) is 0 Å². The lowest BCUT2D eigenvalue weighted by molar-refractivity contribution is 0.149. The zero-order valence-corrected chi connectivity index (χ0v) is 9.60. The third-order valence-corrected chi connectivity index (χ3v) is 2.72. The molecule has 2 rings (SSSR count). The second-order valence-electron chi connectivity index (χ2n) is 4.18. The lowest BCUT2D eigenvalue weighted by Gasteiger charge is -2.09. The molecule has 0 fully saturated rings. The van der Waals surface area contributed by atoms with Gasteiger partial charge in [-0.25, -0.2) is 0 Å². The van der Waals surface area contributed by atoms with Crippen LogP contribution in [-0.4, -0.2) is 5.11 Å². The van der Waals surface area contributed by atoms with Gasteiger partial charge in [0.25, 0.3) is 0 Å². The second kappa shape index (κ2) is 4.54. The number of aryl methyl sites for hydroxylation is 2. The summed E-state index contributed by atoms with van der Waals surface area (Å²) >= 11 is 0. The van der Waals surface area contributed by atoms with E-state index >= 15 is 0 Å². The van der Waals surface area contributed by atoms with E-state index in [1.54, 1.807) is 6.26 Å². The van der Waals surface area contributed by atoms with E-state index in [2.05, 4.69) is 6.07 Å². The van der Waals surface area contributed by atoms with Gasteiger partial charge in [0.05, 0.1) is 6.26 Å². The maximum absolute atomic E-state index is 10.0. The Labute approximate surface area is 95.5 Å². The zero-order chi connectivity index (χ0) is 11.5. The number of benzene rings is 1. The molecule has 16 heavy (non-hydrogen) atoms. The maximum atomic E-state index is 10.0. The molecule has 1 aromatic heterocycles. The molecule has 1 N–H and O–H groups in total. The van der Waals surface area contributed by atoms with Crippen LogP contribution in [0.25, 0.3) is 0 Å². The van der Waals surface area contributed by atoms with E-state index in [4.69, 9.17) is 4.42 Å². The van der Waals surface area contributed by atoms with Crippen LogP contribution in [-0.2, 0) is 6.42 Å². The maximum Gasteiger partial charge on any atom is 0.135 e. The SMILES string of the molecule is Cc1cccc(CC(O)c2occc2C)c1. The molecular formula is C14H16O2. The summed E-state index contributed by atoms with van der Waals surface area (Å²) in [5.74, 6) is 0.668. The average Bonchev–Trinajstić information content (AvgIpc) is 2.64. The number of rotatable bonds is 3. The van der Waals surface area contributed by atoms with Gasteiger partial charge < -0.3 is 9.52 Å². The lowest BCUT2D eigenvalue weighted by atomic mass is 10.0. The molecule has 0 radical (unpaired) electrons. The van der Waals surface area contributed by atoms with Crippen molar-refractivity contribution in [2.24, 2.45) is 0 Å². The smallest absolute Gasteiger partial charge is 0.135 e. The van der Waals surface area contributed by atoms with Crippen molar-refractivity contribution >= 4 is 0 Å². The van der Waals surface area contributed by atoms with Crippen LogP contribution in [0.1, 0.15) is 28.6 Å². The first-order valence-corrected chi connectivity index (χ1v) is 5.44. The lowest BCUT2D eigenvalue weighted by Crippen LogP contribution is -2.02. The summed E-state index contributed by atoms with van der Waals surface area (Å²) in [5.41, 5.74) is 3.34. The predicted molar refractivity (Wildman–Crippen MR) is 63.3 cm³/mol. The van der Waals surface area contributed by atoms with Crippen molar-refractivity contribution in [3.05, 3.63) is 59.0 Å². The molecule has 1 heterocycles. The predicted octanol–water partition coefficient (Wildman–Crippen LogP) is 3.17. The number of aliphatic hydroxyl groups is 1. The molecule has 2 nitrogen and oxygen atoms in total. The molecule has 84 valence electrons. The molecule has 0 spiro atoms. The van der Waals surface area contributed by atoms with Gasteiger partial charge in [-0.1, -0.05) is 29.8 Å². The first kappa shape index (κ1) is 11.0. The van der Waals surface area contributed by atoms with Gasteiger partial charge in [-0.3, -0.25) is 0 Å². The van der Waals surface area contributed by atoms with Crippen LogP contribution in [0.3, 0.4) is 0 Å². The molecule has 1 unspecified atom stereocenters. The second-order valence-corrected chi connectivity index (χ2v) is 4.18. The van der Waals surface area contributed by atoms with E-state index in [-0.39, 0.29) is 0 Å². The van der Waals surface area contributed by atoms with Crippen molar-refractivity contribution in [3.8, 4) is 0 Å². The van der Waals surface area contributed by atoms with Gasteiger partial charge in [0.2, 0.25) is 0 Å². The zero-order valence-electron chi connectivity index (χ0n) is 9.60. The summed E-state index contributed by atoms with van der Waals surface area (Å²) in [6.07, 6.45) is 1.65. The van der Waals surface area contributed by atoms with Gasteiger partial charge in [-0.2, -0.15) is 0 Å². The van der Waals surface area contributed by atoms with Crippen molar-refractivity contribution in [1.82, 2.24) is 0 Å². The Balaban J connectivity index is 2.14. The summed E-state index contributed by atoms with van der Waals surface area (Å²) < 4.78 is 5.28. The quantitative estimate of drug-likeness (QED) is 0.854. The summed E-state index contributed by atoms with van der Waals surface area (Å²) in [5, 5.41) is 10.0. The molecule has 2 aromatic rings. The van der Waals surface area contributed by atoms with Gasteiger partial charge in [0, 0.05) is 6.42 Å². The van der Waals surface area contributed by atoms with Crippen molar-refractivity contribution in [1.29, 1.82) is 0 Å². The van der Waals surface area contributed by atoms with Crippen molar-refractivity contribution in [2.45, 2.75) is 26.4 Å². The van der Waals surface area contributed by atoms with Gasteiger partial charge in [0.1, 0.15) is 11.9 Å². The van der Waals surface area contributed by atoms with E-state index in [1.807, 2.05) is 38.1 Å². The van der Waals surface area contributed by atoms with Crippen molar-refractivity contribution in [3.63, 3.8) is 0 Å². The van der Waals surface area contributed by atoms with Crippen LogP contribution < -0.4 is 0 Å². The first-order chi connectivity index (χ1) is 7.66. The molecule has 0 saturated carbocycles. The van der Waals surface area contributed by atoms with E-state index in [0.717, 1.165) is 11.1 Å². The number of aliphatic hydroxyl groups excluding tert-OH is 1. The van der Waals surface area contributed by atoms with E-state index in [9.17, 15) is 5.11 Å². The Kier molecular flexibility index (Phi) is 3.11. The summed E-state index contributed by atoms with van der Waals surface area (Å²) in [6.45, 7) is 3.99. The molecule has 0 aliphatic heterocycles. The minimum atomic E-state index is -0.559. The van der Waals surface area contributed by atoms with E-state index in [0.29, 0.717) is 12.2 Å². The van der Waals surface area contributed by atoms with Gasteiger partial charge in [-0.15, -0.1) is 0 Å². The Hall–Kier alpha value is -1.54. The Morgan fingerprint density at radius 3 is 2.69 bits per heavy atom. The number of hydrogen-bond acceptors (Lipinski definition) is 2. The standard InChI is InChI=1S/C14H16O2/c1-10-4-3-5-12(8-10)9-13(15)14-11(2)6-7-16-14/h3-8,13,15H,9H2,1-2H3. The molecule has 0 aliphatic carbocycles. The monoisotopic (exact) mass is 216 g/mol. The summed E-state index contributed by atoms with van der Waals surface area (Å²) in [7, 11) is 0. The highest BCUT2D eigenvalue weighted by Gasteiger charge is 2.14. The normalized spacial score (nSPS) is 12.7. The topological polar surface area (TPSA) is 33.4 Å². The molecule has 2 heteroatoms. The number of furan rings is 1. The highest BCUT2D eigenvalue weighted by atomic mass is 16.4. The van der Waals surface area contributed by atoms with Crippen LogP contribution >= 0.6 is 0 Å². The molecule has 1 atom stereocenters. The minimum absolute atomic E-state index is 0.559. The van der Waals surface area contributed by atoms with Gasteiger partial charge in [0.15, 0.2) is 0 Å². The molecule has 0 amide bonds. The largest absolute Gasteiger partial charge is 0.466 e. The Morgan fingerprint density at radius 1 is 1.25 bits per heavy atom. The Morgan fingerprint density at radius 2 is 2.06 bits per heavy atom. The van der Waals surface area contributed by atoms with Gasteiger partial charge in [-0.05, 0) is 31.0 Å². The Bertz CT molecular complexity index is 471. The van der Waals surface area contributed by atoms with Crippen LogP contribution in [0.2, 0.25) is 0 Å². The van der Waals surface area contributed by atoms with Crippen molar-refractivity contribution < 1.29 is 9.52 Å². The fourth-order valence-electron chi connectivity index (χ4n) is 1.88. The highest BCUT2D eigenvalue weighted by Crippen LogP contribution is 2.22. The highest BCUT2D eigenvalue weighted by molar-refractivity contribution is 5.25.